The number of esters is 1. The molecule has 0 aromatic rings. The summed E-state index contributed by atoms with van der Waals surface area (Å²) in [5.41, 5.74) is -5.01. The lowest BCUT2D eigenvalue weighted by Gasteiger charge is -2.46. The van der Waals surface area contributed by atoms with Crippen LogP contribution in [0.1, 0.15) is 81.6 Å². The number of hydrogen-bond acceptors (Lipinski definition) is 11. The number of nitrogens with zero attached hydrogens (tertiary/aromatic N) is 1. The van der Waals surface area contributed by atoms with Crippen LogP contribution in [0.4, 0.5) is 0 Å². The van der Waals surface area contributed by atoms with E-state index in [2.05, 4.69) is 5.32 Å². The summed E-state index contributed by atoms with van der Waals surface area (Å²) in [7, 11) is 3.74. The third-order valence-corrected chi connectivity index (χ3v) is 9.73. The molecule has 2 rings (SSSR count). The van der Waals surface area contributed by atoms with E-state index in [9.17, 15) is 30.3 Å². The average Bonchev–Trinajstić information content (AvgIpc) is 2.87. The molecule has 0 amide bonds. The normalized spacial score (nSPS) is 49.7. The number of carbonyl (C=O) groups is 1. The van der Waals surface area contributed by atoms with Gasteiger partial charge in [0.05, 0.1) is 29.8 Å². The lowest BCUT2D eigenvalue weighted by atomic mass is 9.75. The second kappa shape index (κ2) is 13.8. The zero-order valence-electron chi connectivity index (χ0n) is 27.0. The van der Waals surface area contributed by atoms with E-state index in [4.69, 9.17) is 14.2 Å². The fourth-order valence-electron chi connectivity index (χ4n) is 6.49. The van der Waals surface area contributed by atoms with Crippen molar-refractivity contribution in [3.8, 4) is 0 Å². The van der Waals surface area contributed by atoms with Gasteiger partial charge < -0.3 is 50.0 Å². The smallest absolute Gasteiger partial charge is 0.311 e. The number of hydrogen-bond donors (Lipinski definition) is 6. The van der Waals surface area contributed by atoms with Crippen molar-refractivity contribution in [2.24, 2.45) is 17.8 Å². The van der Waals surface area contributed by atoms with Gasteiger partial charge in [0.15, 0.2) is 6.29 Å². The van der Waals surface area contributed by atoms with E-state index in [-0.39, 0.29) is 30.9 Å². The van der Waals surface area contributed by atoms with Crippen LogP contribution < -0.4 is 5.32 Å². The first-order valence-corrected chi connectivity index (χ1v) is 15.1. The number of cyclic esters (lactones) is 1. The Morgan fingerprint density at radius 2 is 1.59 bits per heavy atom. The van der Waals surface area contributed by atoms with Crippen LogP contribution in [-0.2, 0) is 19.0 Å². The molecule has 0 radical (unpaired) electrons. The first-order valence-electron chi connectivity index (χ1n) is 15.1. The minimum absolute atomic E-state index is 0.128. The fraction of sp³-hybridized carbons (Fsp3) is 0.967. The number of likely N-dealkylation sites (N-methyl/N-ethyl adjacent to an activating group) is 1. The number of rotatable bonds is 4. The summed E-state index contributed by atoms with van der Waals surface area (Å²) in [6, 6.07) is -0.840. The summed E-state index contributed by atoms with van der Waals surface area (Å²) < 4.78 is 18.1. The van der Waals surface area contributed by atoms with Gasteiger partial charge in [0.2, 0.25) is 0 Å². The SMILES string of the molecule is CCC1OC(=O)C(C)C(O)C(C)[C@@H](O[C@@H]2OC(C)CC(N(C)C)[C@H]2O)[C@@](C)(O)C[C@@H](C)CN[C@H](C)[C@](C)(O)[C@]1(C)O. The van der Waals surface area contributed by atoms with Gasteiger partial charge >= 0.3 is 5.97 Å². The Labute approximate surface area is 246 Å². The highest BCUT2D eigenvalue weighted by Gasteiger charge is 2.53. The summed E-state index contributed by atoms with van der Waals surface area (Å²) in [5.74, 6) is -2.71. The summed E-state index contributed by atoms with van der Waals surface area (Å²) in [5, 5.41) is 60.7. The quantitative estimate of drug-likeness (QED) is 0.259. The van der Waals surface area contributed by atoms with E-state index in [1.807, 2.05) is 32.8 Å². The monoisotopic (exact) mass is 590 g/mol. The molecular weight excluding hydrogens is 532 g/mol. The van der Waals surface area contributed by atoms with Gasteiger partial charge in [-0.1, -0.05) is 20.8 Å². The van der Waals surface area contributed by atoms with Crippen molar-refractivity contribution < 1.29 is 44.5 Å². The molecule has 0 aromatic carbocycles. The number of carbonyl (C=O) groups excluding carboxylic acids is 1. The minimum Gasteiger partial charge on any atom is -0.459 e. The molecule has 0 bridgehead atoms. The Morgan fingerprint density at radius 1 is 1.00 bits per heavy atom. The molecule has 2 saturated heterocycles. The van der Waals surface area contributed by atoms with Gasteiger partial charge in [-0.15, -0.1) is 0 Å². The summed E-state index contributed by atoms with van der Waals surface area (Å²) in [6.45, 7) is 15.5. The topological polar surface area (TPSA) is 161 Å². The number of aliphatic hydroxyl groups is 5. The third kappa shape index (κ3) is 7.99. The van der Waals surface area contributed by atoms with Crippen molar-refractivity contribution >= 4 is 5.97 Å². The first-order chi connectivity index (χ1) is 18.7. The molecule has 0 spiro atoms. The minimum atomic E-state index is -1.81. The molecule has 6 unspecified atom stereocenters. The number of aliphatic hydroxyl groups excluding tert-OH is 2. The van der Waals surface area contributed by atoms with E-state index in [1.165, 1.54) is 20.8 Å². The molecule has 2 aliphatic heterocycles. The van der Waals surface area contributed by atoms with Crippen LogP contribution >= 0.6 is 0 Å². The average molecular weight is 591 g/mol. The van der Waals surface area contributed by atoms with Gasteiger partial charge in [0.1, 0.15) is 23.4 Å². The van der Waals surface area contributed by atoms with Gasteiger partial charge in [-0.2, -0.15) is 0 Å². The highest BCUT2D eigenvalue weighted by molar-refractivity contribution is 5.73. The lowest BCUT2D eigenvalue weighted by Crippen LogP contribution is -2.66. The predicted octanol–water partition coefficient (Wildman–Crippen LogP) is 1.02. The lowest BCUT2D eigenvalue weighted by molar-refractivity contribution is -0.299. The fourth-order valence-corrected chi connectivity index (χ4v) is 6.49. The second-order valence-electron chi connectivity index (χ2n) is 13.7. The molecule has 0 aromatic heterocycles. The van der Waals surface area contributed by atoms with E-state index >= 15 is 0 Å². The molecule has 2 heterocycles. The Bertz CT molecular complexity index is 852. The zero-order valence-corrected chi connectivity index (χ0v) is 27.0. The van der Waals surface area contributed by atoms with Crippen LogP contribution in [0.25, 0.3) is 0 Å². The van der Waals surface area contributed by atoms with Gasteiger partial charge in [0, 0.05) is 18.0 Å². The Balaban J connectivity index is 2.51. The Kier molecular flexibility index (Phi) is 12.2. The van der Waals surface area contributed by atoms with Crippen molar-refractivity contribution in [2.75, 3.05) is 20.6 Å². The molecule has 2 aliphatic rings. The molecule has 41 heavy (non-hydrogen) atoms. The summed E-state index contributed by atoms with van der Waals surface area (Å²) in [6.07, 6.45) is -4.60. The van der Waals surface area contributed by atoms with Gasteiger partial charge in [0.25, 0.3) is 0 Å². The Morgan fingerprint density at radius 3 is 2.12 bits per heavy atom. The molecule has 0 aliphatic carbocycles. The molecule has 11 heteroatoms. The molecule has 14 atom stereocenters. The maximum Gasteiger partial charge on any atom is 0.311 e. The van der Waals surface area contributed by atoms with Crippen LogP contribution in [0.5, 0.6) is 0 Å². The standard InChI is InChI=1S/C30H58N2O9/c1-12-22-30(9,38)29(8,37)20(6)31-15-16(2)14-28(7,36)25(18(4)23(33)19(5)26(35)40-22)41-27-24(34)21(32(10)11)13-17(3)39-27/h16-25,27,31,33-34,36-38H,12-15H2,1-11H3/t16-,17?,18?,19?,20-,21?,22?,23?,24-,25-,27+,28+,29+,30-/m1/s1. The summed E-state index contributed by atoms with van der Waals surface area (Å²) >= 11 is 0. The molecule has 0 saturated carbocycles. The summed E-state index contributed by atoms with van der Waals surface area (Å²) in [4.78, 5) is 15.2. The zero-order chi connectivity index (χ0) is 31.7. The van der Waals surface area contributed by atoms with Crippen LogP contribution in [0.15, 0.2) is 0 Å². The van der Waals surface area contributed by atoms with Gasteiger partial charge in [-0.3, -0.25) is 4.79 Å². The maximum atomic E-state index is 13.3. The van der Waals surface area contributed by atoms with E-state index in [0.29, 0.717) is 13.0 Å². The van der Waals surface area contributed by atoms with Gasteiger partial charge in [-0.05, 0) is 87.4 Å². The predicted molar refractivity (Wildman–Crippen MR) is 155 cm³/mol. The second-order valence-corrected chi connectivity index (χ2v) is 13.7. The van der Waals surface area contributed by atoms with Crippen LogP contribution in [-0.4, -0.2) is 123 Å². The van der Waals surface area contributed by atoms with Crippen molar-refractivity contribution in [3.63, 3.8) is 0 Å². The van der Waals surface area contributed by atoms with Crippen molar-refractivity contribution in [1.82, 2.24) is 10.2 Å². The maximum absolute atomic E-state index is 13.3. The number of nitrogens with one attached hydrogen (secondary N) is 1. The van der Waals surface area contributed by atoms with Crippen molar-refractivity contribution in [2.45, 2.75) is 147 Å². The van der Waals surface area contributed by atoms with Crippen LogP contribution in [0.2, 0.25) is 0 Å². The molecule has 11 nitrogen and oxygen atoms in total. The molecule has 6 N–H and O–H groups in total. The molecular formula is C30H58N2O9. The van der Waals surface area contributed by atoms with E-state index in [1.54, 1.807) is 27.7 Å². The Hall–Kier alpha value is -0.890. The highest BCUT2D eigenvalue weighted by Crippen LogP contribution is 2.37. The third-order valence-electron chi connectivity index (χ3n) is 9.73. The molecule has 242 valence electrons. The van der Waals surface area contributed by atoms with E-state index < -0.39 is 71.4 Å². The van der Waals surface area contributed by atoms with Crippen LogP contribution in [0, 0.1) is 17.8 Å². The number of ether oxygens (including phenoxy) is 3. The van der Waals surface area contributed by atoms with Gasteiger partial charge in [-0.25, -0.2) is 0 Å². The van der Waals surface area contributed by atoms with Crippen LogP contribution in [0.3, 0.4) is 0 Å². The van der Waals surface area contributed by atoms with Crippen molar-refractivity contribution in [3.05, 3.63) is 0 Å². The first kappa shape index (κ1) is 36.3. The molecule has 2 fully saturated rings. The largest absolute Gasteiger partial charge is 0.459 e. The van der Waals surface area contributed by atoms with Crippen molar-refractivity contribution in [1.29, 1.82) is 0 Å². The van der Waals surface area contributed by atoms with E-state index in [0.717, 1.165) is 0 Å². The highest BCUT2D eigenvalue weighted by atomic mass is 16.7.